The van der Waals surface area contributed by atoms with Gasteiger partial charge in [0.25, 0.3) is 11.8 Å². The fourth-order valence-electron chi connectivity index (χ4n) is 3.13. The van der Waals surface area contributed by atoms with Gasteiger partial charge >= 0.3 is 6.01 Å². The van der Waals surface area contributed by atoms with Crippen molar-refractivity contribution in [1.82, 2.24) is 15.2 Å². The Hall–Kier alpha value is -3.68. The predicted octanol–water partition coefficient (Wildman–Crippen LogP) is 6.10. The maximum Gasteiger partial charge on any atom is 0.322 e. The topological polar surface area (TPSA) is 94.1 Å². The maximum atomic E-state index is 13.2. The third-order valence-corrected chi connectivity index (χ3v) is 5.03. The van der Waals surface area contributed by atoms with E-state index in [1.165, 1.54) is 6.26 Å². The van der Waals surface area contributed by atoms with Gasteiger partial charge in [-0.1, -0.05) is 58.6 Å². The predicted molar refractivity (Wildman–Crippen MR) is 117 cm³/mol. The second-order valence-electron chi connectivity index (χ2n) is 6.55. The van der Waals surface area contributed by atoms with Gasteiger partial charge in [-0.05, 0) is 30.3 Å². The highest BCUT2D eigenvalue weighted by Gasteiger charge is 2.19. The van der Waals surface area contributed by atoms with Crippen LogP contribution in [-0.2, 0) is 0 Å². The van der Waals surface area contributed by atoms with Crippen LogP contribution in [0.2, 0.25) is 10.0 Å². The summed E-state index contributed by atoms with van der Waals surface area (Å²) in [5, 5.41) is 11.6. The number of carbonyl (C=O) groups excluding carboxylic acids is 1. The first kappa shape index (κ1) is 19.3. The number of pyridine rings is 1. The van der Waals surface area contributed by atoms with Crippen LogP contribution >= 0.6 is 23.2 Å². The van der Waals surface area contributed by atoms with Crippen LogP contribution in [-0.4, -0.2) is 21.1 Å². The summed E-state index contributed by atoms with van der Waals surface area (Å²) in [6, 6.07) is 17.7. The number of fused-ring (bicyclic) bond motifs is 1. The van der Waals surface area contributed by atoms with Crippen molar-refractivity contribution in [3.05, 3.63) is 82.5 Å². The van der Waals surface area contributed by atoms with Gasteiger partial charge in [-0.25, -0.2) is 4.98 Å². The first-order valence-corrected chi connectivity index (χ1v) is 9.88. The number of nitrogens with one attached hydrogen (secondary N) is 1. The molecule has 0 aliphatic heterocycles. The summed E-state index contributed by atoms with van der Waals surface area (Å²) in [6.45, 7) is 0. The number of furan rings is 1. The monoisotopic (exact) mass is 450 g/mol. The molecule has 5 rings (SSSR count). The zero-order valence-electron chi connectivity index (χ0n) is 15.7. The molecule has 0 unspecified atom stereocenters. The van der Waals surface area contributed by atoms with Crippen LogP contribution in [0, 0.1) is 0 Å². The minimum Gasteiger partial charge on any atom is -0.459 e. The molecule has 0 spiro atoms. The maximum absolute atomic E-state index is 13.2. The number of halogens is 2. The molecular weight excluding hydrogens is 439 g/mol. The van der Waals surface area contributed by atoms with Crippen LogP contribution in [0.1, 0.15) is 10.4 Å². The number of anilines is 1. The molecule has 5 aromatic rings. The van der Waals surface area contributed by atoms with Crippen molar-refractivity contribution in [2.24, 2.45) is 0 Å². The zero-order valence-corrected chi connectivity index (χ0v) is 17.2. The summed E-state index contributed by atoms with van der Waals surface area (Å²) in [5.74, 6) is 0.0702. The van der Waals surface area contributed by atoms with E-state index in [1.54, 1.807) is 30.3 Å². The summed E-state index contributed by atoms with van der Waals surface area (Å²) < 4.78 is 10.7. The number of hydrogen-bond acceptors (Lipinski definition) is 6. The van der Waals surface area contributed by atoms with Gasteiger partial charge in [0, 0.05) is 16.0 Å². The van der Waals surface area contributed by atoms with Crippen LogP contribution < -0.4 is 5.32 Å². The first-order chi connectivity index (χ1) is 15.1. The molecule has 0 radical (unpaired) electrons. The molecule has 31 heavy (non-hydrogen) atoms. The number of hydrogen-bond donors (Lipinski definition) is 1. The molecule has 152 valence electrons. The van der Waals surface area contributed by atoms with Crippen molar-refractivity contribution in [3.63, 3.8) is 0 Å². The fraction of sp³-hybridized carbons (Fsp3) is 0. The molecule has 0 aliphatic carbocycles. The Balaban J connectivity index is 1.58. The number of benzene rings is 2. The summed E-state index contributed by atoms with van der Waals surface area (Å²) in [6.07, 6.45) is 1.49. The lowest BCUT2D eigenvalue weighted by Gasteiger charge is -2.11. The third-order valence-electron chi connectivity index (χ3n) is 4.52. The van der Waals surface area contributed by atoms with E-state index in [0.29, 0.717) is 38.0 Å². The van der Waals surface area contributed by atoms with Gasteiger partial charge in [-0.15, -0.1) is 5.10 Å². The van der Waals surface area contributed by atoms with Crippen molar-refractivity contribution in [3.8, 4) is 22.9 Å². The standard InChI is InChI=1S/C22H12Cl2N4O3/c23-13-9-14-15(20(29)26-22-28-27-21(31-22)18-7-4-8-30-18)11-17(12-5-2-1-3-6-12)25-19(14)16(24)10-13/h1-11H,(H,26,28,29). The van der Waals surface area contributed by atoms with E-state index in [1.807, 2.05) is 30.3 Å². The van der Waals surface area contributed by atoms with Gasteiger partial charge in [-0.3, -0.25) is 10.1 Å². The average molecular weight is 451 g/mol. The second kappa shape index (κ2) is 7.86. The Labute approximate surface area is 185 Å². The average Bonchev–Trinajstić information content (AvgIpc) is 3.46. The molecule has 0 bridgehead atoms. The fourth-order valence-corrected chi connectivity index (χ4v) is 3.67. The van der Waals surface area contributed by atoms with Gasteiger partial charge in [0.1, 0.15) is 0 Å². The van der Waals surface area contributed by atoms with E-state index in [2.05, 4.69) is 20.5 Å². The smallest absolute Gasteiger partial charge is 0.322 e. The Bertz CT molecular complexity index is 1400. The molecule has 3 aromatic heterocycles. The molecular formula is C22H12Cl2N4O3. The van der Waals surface area contributed by atoms with Crippen LogP contribution in [0.25, 0.3) is 33.8 Å². The quantitative estimate of drug-likeness (QED) is 0.355. The Morgan fingerprint density at radius 3 is 2.58 bits per heavy atom. The van der Waals surface area contributed by atoms with Crippen molar-refractivity contribution < 1.29 is 13.6 Å². The molecule has 3 heterocycles. The third kappa shape index (κ3) is 3.76. The van der Waals surface area contributed by atoms with Crippen LogP contribution in [0.5, 0.6) is 0 Å². The van der Waals surface area contributed by atoms with Crippen LogP contribution in [0.15, 0.2) is 75.8 Å². The summed E-state index contributed by atoms with van der Waals surface area (Å²) in [5.41, 5.74) is 2.19. The van der Waals surface area contributed by atoms with E-state index in [-0.39, 0.29) is 11.9 Å². The van der Waals surface area contributed by atoms with E-state index in [4.69, 9.17) is 32.0 Å². The molecule has 7 nitrogen and oxygen atoms in total. The lowest BCUT2D eigenvalue weighted by atomic mass is 10.0. The van der Waals surface area contributed by atoms with Gasteiger partial charge in [0.05, 0.1) is 28.1 Å². The number of amides is 1. The largest absolute Gasteiger partial charge is 0.459 e. The Morgan fingerprint density at radius 2 is 1.81 bits per heavy atom. The molecule has 1 N–H and O–H groups in total. The van der Waals surface area contributed by atoms with Gasteiger partial charge < -0.3 is 8.83 Å². The summed E-state index contributed by atoms with van der Waals surface area (Å²) in [4.78, 5) is 17.8. The van der Waals surface area contributed by atoms with Crippen LogP contribution in [0.3, 0.4) is 0 Å². The van der Waals surface area contributed by atoms with Crippen molar-refractivity contribution in [1.29, 1.82) is 0 Å². The normalized spacial score (nSPS) is 11.0. The van der Waals surface area contributed by atoms with Crippen molar-refractivity contribution in [2.45, 2.75) is 0 Å². The van der Waals surface area contributed by atoms with Gasteiger partial charge in [-0.2, -0.15) is 0 Å². The number of nitrogens with zero attached hydrogens (tertiary/aromatic N) is 3. The molecule has 0 aliphatic rings. The molecule has 0 atom stereocenters. The van der Waals surface area contributed by atoms with E-state index < -0.39 is 5.91 Å². The highest BCUT2D eigenvalue weighted by atomic mass is 35.5. The van der Waals surface area contributed by atoms with E-state index >= 15 is 0 Å². The van der Waals surface area contributed by atoms with Crippen molar-refractivity contribution >= 4 is 46.0 Å². The molecule has 0 fully saturated rings. The SMILES string of the molecule is O=C(Nc1nnc(-c2ccco2)o1)c1cc(-c2ccccc2)nc2c(Cl)cc(Cl)cc12. The lowest BCUT2D eigenvalue weighted by Crippen LogP contribution is -2.13. The molecule has 9 heteroatoms. The number of carbonyl (C=O) groups is 1. The van der Waals surface area contributed by atoms with E-state index in [0.717, 1.165) is 5.56 Å². The minimum absolute atomic E-state index is 0.0734. The molecule has 0 saturated carbocycles. The number of aromatic nitrogens is 3. The van der Waals surface area contributed by atoms with Gasteiger partial charge in [0.15, 0.2) is 5.76 Å². The number of rotatable bonds is 4. The molecule has 2 aromatic carbocycles. The molecule has 0 saturated heterocycles. The van der Waals surface area contributed by atoms with E-state index in [9.17, 15) is 4.79 Å². The molecule has 1 amide bonds. The highest BCUT2D eigenvalue weighted by molar-refractivity contribution is 6.39. The van der Waals surface area contributed by atoms with Gasteiger partial charge in [0.2, 0.25) is 0 Å². The highest BCUT2D eigenvalue weighted by Crippen LogP contribution is 2.32. The Kier molecular flexibility index (Phi) is 4.89. The van der Waals surface area contributed by atoms with Crippen LogP contribution in [0.4, 0.5) is 6.01 Å². The summed E-state index contributed by atoms with van der Waals surface area (Å²) >= 11 is 12.6. The zero-order chi connectivity index (χ0) is 21.4. The lowest BCUT2D eigenvalue weighted by molar-refractivity contribution is 0.102. The summed E-state index contributed by atoms with van der Waals surface area (Å²) in [7, 11) is 0. The minimum atomic E-state index is -0.474. The Morgan fingerprint density at radius 1 is 0.968 bits per heavy atom. The first-order valence-electron chi connectivity index (χ1n) is 9.12. The second-order valence-corrected chi connectivity index (χ2v) is 7.39. The van der Waals surface area contributed by atoms with Crippen molar-refractivity contribution in [2.75, 3.05) is 5.32 Å².